The van der Waals surface area contributed by atoms with Crippen molar-refractivity contribution < 1.29 is 0 Å². The van der Waals surface area contributed by atoms with Gasteiger partial charge in [0, 0.05) is 17.4 Å². The molecule has 0 atom stereocenters. The van der Waals surface area contributed by atoms with Gasteiger partial charge in [-0.3, -0.25) is 4.98 Å². The fourth-order valence-corrected chi connectivity index (χ4v) is 2.89. The highest BCUT2D eigenvalue weighted by molar-refractivity contribution is 7.10. The summed E-state index contributed by atoms with van der Waals surface area (Å²) in [5.74, 6) is 0. The summed E-state index contributed by atoms with van der Waals surface area (Å²) in [6.45, 7) is 2.03. The van der Waals surface area contributed by atoms with Gasteiger partial charge >= 0.3 is 0 Å². The number of aromatic nitrogens is 2. The number of nitrogen functional groups attached to an aromatic ring is 1. The number of aryl methyl sites for hydroxylation is 1. The third-order valence-electron chi connectivity index (χ3n) is 3.15. The Balaban J connectivity index is 1.84. The standard InChI is InChI=1S/C16H15N3S/c1-11-7-13(17)9-18-14(11)8-16-19-15(10-20-16)12-5-3-2-4-6-12/h2-7,9-10H,8,17H2,1H3. The molecule has 0 aliphatic rings. The summed E-state index contributed by atoms with van der Waals surface area (Å²) >= 11 is 1.67. The van der Waals surface area contributed by atoms with Crippen LogP contribution in [-0.2, 0) is 6.42 Å². The Kier molecular flexibility index (Phi) is 3.48. The average Bonchev–Trinajstić information content (AvgIpc) is 2.92. The van der Waals surface area contributed by atoms with Gasteiger partial charge < -0.3 is 5.73 Å². The molecule has 0 spiro atoms. The number of nitrogens with two attached hydrogens (primary N) is 1. The average molecular weight is 281 g/mol. The first-order valence-corrected chi connectivity index (χ1v) is 7.31. The second kappa shape index (κ2) is 5.43. The smallest absolute Gasteiger partial charge is 0.0992 e. The van der Waals surface area contributed by atoms with E-state index in [0.717, 1.165) is 33.9 Å². The molecule has 1 aromatic carbocycles. The fraction of sp³-hybridized carbons (Fsp3) is 0.125. The van der Waals surface area contributed by atoms with E-state index >= 15 is 0 Å². The van der Waals surface area contributed by atoms with Crippen molar-refractivity contribution in [1.82, 2.24) is 9.97 Å². The molecule has 0 unspecified atom stereocenters. The van der Waals surface area contributed by atoms with Gasteiger partial charge in [-0.1, -0.05) is 30.3 Å². The number of rotatable bonds is 3. The SMILES string of the molecule is Cc1cc(N)cnc1Cc1nc(-c2ccccc2)cs1. The second-order valence-electron chi connectivity index (χ2n) is 4.70. The molecule has 0 amide bonds. The lowest BCUT2D eigenvalue weighted by Crippen LogP contribution is -1.97. The van der Waals surface area contributed by atoms with Gasteiger partial charge in [-0.05, 0) is 18.6 Å². The van der Waals surface area contributed by atoms with Crippen LogP contribution in [0.1, 0.15) is 16.3 Å². The van der Waals surface area contributed by atoms with Crippen molar-refractivity contribution in [2.24, 2.45) is 0 Å². The zero-order valence-electron chi connectivity index (χ0n) is 11.2. The molecule has 0 saturated heterocycles. The van der Waals surface area contributed by atoms with E-state index in [1.165, 1.54) is 0 Å². The second-order valence-corrected chi connectivity index (χ2v) is 5.64. The minimum Gasteiger partial charge on any atom is -0.397 e. The third-order valence-corrected chi connectivity index (χ3v) is 4.00. The van der Waals surface area contributed by atoms with E-state index in [2.05, 4.69) is 27.5 Å². The Morgan fingerprint density at radius 3 is 2.75 bits per heavy atom. The van der Waals surface area contributed by atoms with Crippen LogP contribution < -0.4 is 5.73 Å². The maximum atomic E-state index is 5.73. The molecular weight excluding hydrogens is 266 g/mol. The molecule has 20 heavy (non-hydrogen) atoms. The molecule has 0 radical (unpaired) electrons. The number of nitrogens with zero attached hydrogens (tertiary/aromatic N) is 2. The van der Waals surface area contributed by atoms with Gasteiger partial charge in [0.25, 0.3) is 0 Å². The van der Waals surface area contributed by atoms with Gasteiger partial charge in [0.1, 0.15) is 0 Å². The van der Waals surface area contributed by atoms with Crippen LogP contribution in [0, 0.1) is 6.92 Å². The van der Waals surface area contributed by atoms with Gasteiger partial charge in [-0.15, -0.1) is 11.3 Å². The van der Waals surface area contributed by atoms with E-state index in [0.29, 0.717) is 5.69 Å². The van der Waals surface area contributed by atoms with Crippen LogP contribution in [0.4, 0.5) is 5.69 Å². The largest absolute Gasteiger partial charge is 0.397 e. The Labute approximate surface area is 122 Å². The Morgan fingerprint density at radius 1 is 1.20 bits per heavy atom. The lowest BCUT2D eigenvalue weighted by molar-refractivity contribution is 1.03. The summed E-state index contributed by atoms with van der Waals surface area (Å²) in [4.78, 5) is 9.08. The van der Waals surface area contributed by atoms with Crippen LogP contribution >= 0.6 is 11.3 Å². The van der Waals surface area contributed by atoms with Gasteiger partial charge in [0.05, 0.1) is 28.3 Å². The maximum Gasteiger partial charge on any atom is 0.0992 e. The van der Waals surface area contributed by atoms with E-state index in [1.807, 2.05) is 31.2 Å². The van der Waals surface area contributed by atoms with E-state index in [4.69, 9.17) is 5.73 Å². The highest BCUT2D eigenvalue weighted by Gasteiger charge is 2.08. The molecule has 0 aliphatic carbocycles. The van der Waals surface area contributed by atoms with E-state index < -0.39 is 0 Å². The summed E-state index contributed by atoms with van der Waals surface area (Å²) in [5.41, 5.74) is 10.8. The van der Waals surface area contributed by atoms with Gasteiger partial charge in [0.2, 0.25) is 0 Å². The van der Waals surface area contributed by atoms with Crippen LogP contribution in [0.15, 0.2) is 48.0 Å². The topological polar surface area (TPSA) is 51.8 Å². The molecule has 0 aliphatic heterocycles. The molecule has 3 nitrogen and oxygen atoms in total. The number of benzene rings is 1. The summed E-state index contributed by atoms with van der Waals surface area (Å²) < 4.78 is 0. The Morgan fingerprint density at radius 2 is 2.00 bits per heavy atom. The first-order valence-electron chi connectivity index (χ1n) is 6.43. The molecule has 0 saturated carbocycles. The van der Waals surface area contributed by atoms with E-state index in [-0.39, 0.29) is 0 Å². The first-order chi connectivity index (χ1) is 9.72. The molecule has 2 N–H and O–H groups in total. The van der Waals surface area contributed by atoms with Crippen molar-refractivity contribution in [3.63, 3.8) is 0 Å². The molecule has 2 aromatic heterocycles. The van der Waals surface area contributed by atoms with Gasteiger partial charge in [0.15, 0.2) is 0 Å². The Bertz CT molecular complexity index is 720. The lowest BCUT2D eigenvalue weighted by atomic mass is 10.1. The number of pyridine rings is 1. The van der Waals surface area contributed by atoms with Crippen LogP contribution in [0.3, 0.4) is 0 Å². The van der Waals surface area contributed by atoms with Crippen molar-refractivity contribution in [1.29, 1.82) is 0 Å². The fourth-order valence-electron chi connectivity index (χ4n) is 2.09. The highest BCUT2D eigenvalue weighted by atomic mass is 32.1. The molecule has 2 heterocycles. The summed E-state index contributed by atoms with van der Waals surface area (Å²) in [6.07, 6.45) is 2.46. The Hall–Kier alpha value is -2.20. The molecular formula is C16H15N3S. The maximum absolute atomic E-state index is 5.73. The number of anilines is 1. The zero-order chi connectivity index (χ0) is 13.9. The van der Waals surface area contributed by atoms with Crippen molar-refractivity contribution in [2.45, 2.75) is 13.3 Å². The van der Waals surface area contributed by atoms with Crippen molar-refractivity contribution in [2.75, 3.05) is 5.73 Å². The van der Waals surface area contributed by atoms with Crippen LogP contribution in [0.5, 0.6) is 0 Å². The molecule has 4 heteroatoms. The molecule has 3 aromatic rings. The van der Waals surface area contributed by atoms with Gasteiger partial charge in [-0.2, -0.15) is 0 Å². The minimum absolute atomic E-state index is 0.704. The predicted molar refractivity (Wildman–Crippen MR) is 83.7 cm³/mol. The summed E-state index contributed by atoms with van der Waals surface area (Å²) in [7, 11) is 0. The zero-order valence-corrected chi connectivity index (χ0v) is 12.0. The highest BCUT2D eigenvalue weighted by Crippen LogP contribution is 2.23. The van der Waals surface area contributed by atoms with Crippen LogP contribution in [0.2, 0.25) is 0 Å². The lowest BCUT2D eigenvalue weighted by Gasteiger charge is -2.03. The van der Waals surface area contributed by atoms with E-state index in [9.17, 15) is 0 Å². The minimum atomic E-state index is 0.704. The van der Waals surface area contributed by atoms with Crippen molar-refractivity contribution >= 4 is 17.0 Å². The summed E-state index contributed by atoms with van der Waals surface area (Å²) in [5, 5.41) is 3.17. The predicted octanol–water partition coefficient (Wildman–Crippen LogP) is 3.69. The van der Waals surface area contributed by atoms with Crippen LogP contribution in [0.25, 0.3) is 11.3 Å². The third kappa shape index (κ3) is 2.70. The molecule has 0 bridgehead atoms. The quantitative estimate of drug-likeness (QED) is 0.796. The molecule has 100 valence electrons. The van der Waals surface area contributed by atoms with Gasteiger partial charge in [-0.25, -0.2) is 4.98 Å². The monoisotopic (exact) mass is 281 g/mol. The normalized spacial score (nSPS) is 10.7. The number of thiazole rings is 1. The van der Waals surface area contributed by atoms with Crippen molar-refractivity contribution in [3.8, 4) is 11.3 Å². The van der Waals surface area contributed by atoms with E-state index in [1.54, 1.807) is 17.5 Å². The number of hydrogen-bond acceptors (Lipinski definition) is 4. The van der Waals surface area contributed by atoms with Crippen LogP contribution in [-0.4, -0.2) is 9.97 Å². The molecule has 0 fully saturated rings. The first kappa shape index (κ1) is 12.8. The summed E-state index contributed by atoms with van der Waals surface area (Å²) in [6, 6.07) is 12.2. The number of hydrogen-bond donors (Lipinski definition) is 1. The van der Waals surface area contributed by atoms with Crippen molar-refractivity contribution in [3.05, 3.63) is 64.2 Å². The molecule has 3 rings (SSSR count).